The number of carbonyl (C=O) groups is 2. The molecule has 128 valence electrons. The third kappa shape index (κ3) is 3.15. The molecule has 1 aliphatic heterocycles. The van der Waals surface area contributed by atoms with Gasteiger partial charge in [-0.15, -0.1) is 11.3 Å². The summed E-state index contributed by atoms with van der Waals surface area (Å²) in [6.07, 6.45) is 1.51. The maximum absolute atomic E-state index is 12.7. The first-order valence-corrected chi connectivity index (χ1v) is 9.17. The first-order valence-electron chi connectivity index (χ1n) is 8.29. The molecule has 7 heteroatoms. The molecule has 1 aromatic carbocycles. The average molecular weight is 354 g/mol. The lowest BCUT2D eigenvalue weighted by Crippen LogP contribution is -2.46. The average Bonchev–Trinajstić information content (AvgIpc) is 3.32. The summed E-state index contributed by atoms with van der Waals surface area (Å²) in [5.74, 6) is -0.0847. The van der Waals surface area contributed by atoms with Crippen LogP contribution in [-0.4, -0.2) is 46.0 Å². The number of nitrogens with zero attached hydrogens (tertiary/aromatic N) is 2. The number of H-pyrrole nitrogens is 1. The minimum atomic E-state index is -0.0551. The van der Waals surface area contributed by atoms with Crippen molar-refractivity contribution in [3.63, 3.8) is 0 Å². The zero-order valence-electron chi connectivity index (χ0n) is 13.6. The highest BCUT2D eigenvalue weighted by atomic mass is 32.1. The zero-order chi connectivity index (χ0) is 17.2. The standard InChI is InChI=1S/C18H18N4O2S/c23-17(15-6-3-11-25-15)19-12-7-9-22(10-8-12)18(24)16-13-4-1-2-5-14(13)20-21-16/h1-6,11-12H,7-10H2,(H,19,23)(H,20,21). The SMILES string of the molecule is O=C(NC1CCN(C(=O)c2n[nH]c3ccccc23)CC1)c1cccs1. The van der Waals surface area contributed by atoms with Crippen LogP contribution in [0.25, 0.3) is 10.9 Å². The number of fused-ring (bicyclic) bond motifs is 1. The molecule has 0 bridgehead atoms. The molecule has 2 aromatic heterocycles. The van der Waals surface area contributed by atoms with E-state index in [0.717, 1.165) is 28.6 Å². The Morgan fingerprint density at radius 2 is 1.96 bits per heavy atom. The molecule has 1 saturated heterocycles. The highest BCUT2D eigenvalue weighted by Crippen LogP contribution is 2.20. The molecule has 2 N–H and O–H groups in total. The van der Waals surface area contributed by atoms with E-state index < -0.39 is 0 Å². The second kappa shape index (κ2) is 6.68. The zero-order valence-corrected chi connectivity index (χ0v) is 14.4. The molecular formula is C18H18N4O2S. The quantitative estimate of drug-likeness (QED) is 0.759. The molecular weight excluding hydrogens is 336 g/mol. The topological polar surface area (TPSA) is 78.1 Å². The van der Waals surface area contributed by atoms with E-state index in [-0.39, 0.29) is 17.9 Å². The van der Waals surface area contributed by atoms with Gasteiger partial charge in [-0.2, -0.15) is 5.10 Å². The fraction of sp³-hybridized carbons (Fsp3) is 0.278. The van der Waals surface area contributed by atoms with E-state index in [1.807, 2.05) is 46.7 Å². The van der Waals surface area contributed by atoms with Crippen molar-refractivity contribution in [3.05, 3.63) is 52.3 Å². The van der Waals surface area contributed by atoms with Crippen LogP contribution in [0.4, 0.5) is 0 Å². The van der Waals surface area contributed by atoms with Gasteiger partial charge in [0.05, 0.1) is 10.4 Å². The Labute approximate surface area is 148 Å². The van der Waals surface area contributed by atoms with Gasteiger partial charge in [0.1, 0.15) is 0 Å². The van der Waals surface area contributed by atoms with Crippen LogP contribution in [0.5, 0.6) is 0 Å². The van der Waals surface area contributed by atoms with Crippen LogP contribution < -0.4 is 5.32 Å². The van der Waals surface area contributed by atoms with Crippen molar-refractivity contribution in [2.75, 3.05) is 13.1 Å². The molecule has 25 heavy (non-hydrogen) atoms. The molecule has 3 aromatic rings. The Balaban J connectivity index is 1.38. The second-order valence-electron chi connectivity index (χ2n) is 6.14. The van der Waals surface area contributed by atoms with Gasteiger partial charge >= 0.3 is 0 Å². The van der Waals surface area contributed by atoms with Gasteiger partial charge < -0.3 is 10.2 Å². The van der Waals surface area contributed by atoms with Crippen molar-refractivity contribution < 1.29 is 9.59 Å². The highest BCUT2D eigenvalue weighted by Gasteiger charge is 2.27. The molecule has 1 aliphatic rings. The van der Waals surface area contributed by atoms with Crippen molar-refractivity contribution >= 4 is 34.1 Å². The Hall–Kier alpha value is -2.67. The van der Waals surface area contributed by atoms with Gasteiger partial charge in [0.15, 0.2) is 5.69 Å². The number of aromatic nitrogens is 2. The third-order valence-electron chi connectivity index (χ3n) is 4.54. The second-order valence-corrected chi connectivity index (χ2v) is 7.08. The van der Waals surface area contributed by atoms with Crippen molar-refractivity contribution in [2.24, 2.45) is 0 Å². The van der Waals surface area contributed by atoms with Gasteiger partial charge in [0.25, 0.3) is 11.8 Å². The minimum Gasteiger partial charge on any atom is -0.348 e. The smallest absolute Gasteiger partial charge is 0.274 e. The molecule has 6 nitrogen and oxygen atoms in total. The minimum absolute atomic E-state index is 0.0296. The van der Waals surface area contributed by atoms with Crippen molar-refractivity contribution in [2.45, 2.75) is 18.9 Å². The number of rotatable bonds is 3. The highest BCUT2D eigenvalue weighted by molar-refractivity contribution is 7.12. The van der Waals surface area contributed by atoms with E-state index in [1.54, 1.807) is 0 Å². The molecule has 0 atom stereocenters. The number of thiophene rings is 1. The van der Waals surface area contributed by atoms with E-state index in [9.17, 15) is 9.59 Å². The number of carbonyl (C=O) groups excluding carboxylic acids is 2. The summed E-state index contributed by atoms with van der Waals surface area (Å²) < 4.78 is 0. The number of piperidine rings is 1. The number of hydrogen-bond acceptors (Lipinski definition) is 4. The molecule has 0 spiro atoms. The van der Waals surface area contributed by atoms with Crippen LogP contribution in [0.2, 0.25) is 0 Å². The summed E-state index contributed by atoms with van der Waals surface area (Å²) in [6, 6.07) is 11.4. The maximum atomic E-state index is 12.7. The number of benzene rings is 1. The summed E-state index contributed by atoms with van der Waals surface area (Å²) in [5.41, 5.74) is 1.33. The number of likely N-dealkylation sites (tertiary alicyclic amines) is 1. The molecule has 0 saturated carbocycles. The molecule has 4 rings (SSSR count). The van der Waals surface area contributed by atoms with Gasteiger partial charge in [0.2, 0.25) is 0 Å². The predicted molar refractivity (Wildman–Crippen MR) is 96.8 cm³/mol. The monoisotopic (exact) mass is 354 g/mol. The summed E-state index contributed by atoms with van der Waals surface area (Å²) in [6.45, 7) is 1.24. The van der Waals surface area contributed by atoms with E-state index >= 15 is 0 Å². The normalized spacial score (nSPS) is 15.4. The van der Waals surface area contributed by atoms with Gasteiger partial charge in [-0.1, -0.05) is 24.3 Å². The summed E-state index contributed by atoms with van der Waals surface area (Å²) >= 11 is 1.44. The summed E-state index contributed by atoms with van der Waals surface area (Å²) in [5, 5.41) is 12.9. The Bertz CT molecular complexity index is 895. The number of amides is 2. The van der Waals surface area contributed by atoms with Crippen molar-refractivity contribution in [1.82, 2.24) is 20.4 Å². The Kier molecular flexibility index (Phi) is 4.23. The summed E-state index contributed by atoms with van der Waals surface area (Å²) in [7, 11) is 0. The van der Waals surface area contributed by atoms with E-state index in [4.69, 9.17) is 0 Å². The molecule has 0 unspecified atom stereocenters. The first kappa shape index (κ1) is 15.8. The van der Waals surface area contributed by atoms with E-state index in [1.165, 1.54) is 11.3 Å². The number of aromatic amines is 1. The maximum Gasteiger partial charge on any atom is 0.274 e. The predicted octanol–water partition coefficient (Wildman–Crippen LogP) is 2.66. The van der Waals surface area contributed by atoms with Crippen molar-refractivity contribution in [3.8, 4) is 0 Å². The van der Waals surface area contributed by atoms with Gasteiger partial charge in [-0.05, 0) is 30.4 Å². The molecule has 3 heterocycles. The summed E-state index contributed by atoms with van der Waals surface area (Å²) in [4.78, 5) is 27.4. The lowest BCUT2D eigenvalue weighted by atomic mass is 10.0. The van der Waals surface area contributed by atoms with Crippen LogP contribution in [0, 0.1) is 0 Å². The lowest BCUT2D eigenvalue weighted by Gasteiger charge is -2.32. The number of para-hydroxylation sites is 1. The van der Waals surface area contributed by atoms with Gasteiger partial charge in [0, 0.05) is 24.5 Å². The molecule has 1 fully saturated rings. The molecule has 0 aliphatic carbocycles. The van der Waals surface area contributed by atoms with Crippen molar-refractivity contribution in [1.29, 1.82) is 0 Å². The Morgan fingerprint density at radius 3 is 2.72 bits per heavy atom. The first-order chi connectivity index (χ1) is 12.2. The van der Waals surface area contributed by atoms with Crippen LogP contribution in [0.3, 0.4) is 0 Å². The van der Waals surface area contributed by atoms with Crippen LogP contribution in [0.15, 0.2) is 41.8 Å². The fourth-order valence-corrected chi connectivity index (χ4v) is 3.79. The van der Waals surface area contributed by atoms with Crippen LogP contribution in [0.1, 0.15) is 33.0 Å². The van der Waals surface area contributed by atoms with Gasteiger partial charge in [-0.3, -0.25) is 14.7 Å². The van der Waals surface area contributed by atoms with Gasteiger partial charge in [-0.25, -0.2) is 0 Å². The third-order valence-corrected chi connectivity index (χ3v) is 5.40. The largest absolute Gasteiger partial charge is 0.348 e. The number of hydrogen-bond donors (Lipinski definition) is 2. The lowest BCUT2D eigenvalue weighted by molar-refractivity contribution is 0.0694. The molecule has 0 radical (unpaired) electrons. The van der Waals surface area contributed by atoms with Crippen LogP contribution >= 0.6 is 11.3 Å². The van der Waals surface area contributed by atoms with Crippen LogP contribution in [-0.2, 0) is 0 Å². The van der Waals surface area contributed by atoms with E-state index in [0.29, 0.717) is 18.8 Å². The van der Waals surface area contributed by atoms with E-state index in [2.05, 4.69) is 15.5 Å². The fourth-order valence-electron chi connectivity index (χ4n) is 3.17. The molecule has 2 amide bonds. The number of nitrogens with one attached hydrogen (secondary N) is 2. The Morgan fingerprint density at radius 1 is 1.16 bits per heavy atom.